The molecule has 25 heavy (non-hydrogen) atoms. The Morgan fingerprint density at radius 1 is 1.28 bits per heavy atom. The van der Waals surface area contributed by atoms with Crippen molar-refractivity contribution in [2.75, 3.05) is 13.2 Å². The molecule has 6 nitrogen and oxygen atoms in total. The molecule has 136 valence electrons. The molecule has 0 aromatic heterocycles. The quantitative estimate of drug-likeness (QED) is 0.577. The van der Waals surface area contributed by atoms with Crippen LogP contribution < -0.4 is 5.32 Å². The molecule has 1 heterocycles. The average Bonchev–Trinajstić information content (AvgIpc) is 2.99. The smallest absolute Gasteiger partial charge is 0.318 e. The van der Waals surface area contributed by atoms with E-state index in [-0.39, 0.29) is 18.4 Å². The molecule has 2 amide bonds. The van der Waals surface area contributed by atoms with Crippen LogP contribution in [0.2, 0.25) is 0 Å². The molecule has 2 rings (SSSR count). The molecule has 1 aliphatic heterocycles. The number of likely N-dealkylation sites (tertiary alicyclic amines) is 1. The summed E-state index contributed by atoms with van der Waals surface area (Å²) >= 11 is 0. The highest BCUT2D eigenvalue weighted by Gasteiger charge is 2.25. The normalized spacial score (nSPS) is 15.1. The topological polar surface area (TPSA) is 75.7 Å². The number of nitrogens with one attached hydrogen (secondary N) is 1. The lowest BCUT2D eigenvalue weighted by atomic mass is 10.1. The van der Waals surface area contributed by atoms with Crippen LogP contribution >= 0.6 is 0 Å². The van der Waals surface area contributed by atoms with Crippen LogP contribution in [0.5, 0.6) is 0 Å². The van der Waals surface area contributed by atoms with E-state index in [1.807, 2.05) is 29.2 Å². The Balaban J connectivity index is 1.91. The first kappa shape index (κ1) is 19.0. The number of rotatable bonds is 8. The van der Waals surface area contributed by atoms with Gasteiger partial charge in [-0.25, -0.2) is 0 Å². The van der Waals surface area contributed by atoms with Gasteiger partial charge in [0.2, 0.25) is 11.8 Å². The van der Waals surface area contributed by atoms with Crippen molar-refractivity contribution in [3.8, 4) is 0 Å². The van der Waals surface area contributed by atoms with E-state index in [1.54, 1.807) is 13.8 Å². The number of nitrogens with zero attached hydrogens (tertiary/aromatic N) is 1. The molecule has 1 aliphatic rings. The van der Waals surface area contributed by atoms with E-state index < -0.39 is 11.9 Å². The fourth-order valence-electron chi connectivity index (χ4n) is 2.94. The van der Waals surface area contributed by atoms with E-state index in [1.165, 1.54) is 0 Å². The van der Waals surface area contributed by atoms with Crippen molar-refractivity contribution in [1.29, 1.82) is 0 Å². The Morgan fingerprint density at radius 2 is 2.04 bits per heavy atom. The molecular formula is C19H26N2O4. The number of hydrogen-bond acceptors (Lipinski definition) is 4. The number of ether oxygens (including phenoxy) is 1. The summed E-state index contributed by atoms with van der Waals surface area (Å²) in [5.41, 5.74) is 1.98. The molecule has 0 saturated carbocycles. The van der Waals surface area contributed by atoms with Gasteiger partial charge in [-0.1, -0.05) is 31.2 Å². The van der Waals surface area contributed by atoms with Gasteiger partial charge in [-0.2, -0.15) is 0 Å². The van der Waals surface area contributed by atoms with Crippen molar-refractivity contribution < 1.29 is 19.1 Å². The van der Waals surface area contributed by atoms with Gasteiger partial charge in [0.25, 0.3) is 0 Å². The summed E-state index contributed by atoms with van der Waals surface area (Å²) in [5.74, 6) is -1.38. The molecule has 1 atom stereocenters. The van der Waals surface area contributed by atoms with Crippen LogP contribution in [0.25, 0.3) is 0 Å². The van der Waals surface area contributed by atoms with Crippen molar-refractivity contribution >= 4 is 17.8 Å². The number of carbonyl (C=O) groups excluding carboxylic acids is 3. The van der Waals surface area contributed by atoms with E-state index in [0.717, 1.165) is 24.1 Å². The Morgan fingerprint density at radius 3 is 2.68 bits per heavy atom. The lowest BCUT2D eigenvalue weighted by molar-refractivity contribution is -0.152. The summed E-state index contributed by atoms with van der Waals surface area (Å²) in [6.45, 7) is 5.52. The second-order valence-electron chi connectivity index (χ2n) is 6.17. The minimum atomic E-state index is -0.773. The highest BCUT2D eigenvalue weighted by Crippen LogP contribution is 2.15. The third-order valence-corrected chi connectivity index (χ3v) is 4.30. The van der Waals surface area contributed by atoms with Crippen molar-refractivity contribution in [3.05, 3.63) is 35.4 Å². The molecular weight excluding hydrogens is 320 g/mol. The summed E-state index contributed by atoms with van der Waals surface area (Å²) in [7, 11) is 0. The zero-order valence-corrected chi connectivity index (χ0v) is 14.9. The summed E-state index contributed by atoms with van der Waals surface area (Å²) in [6.07, 6.45) is 1.95. The molecule has 1 N–H and O–H groups in total. The average molecular weight is 346 g/mol. The molecule has 0 radical (unpaired) electrons. The number of esters is 1. The highest BCUT2D eigenvalue weighted by molar-refractivity contribution is 5.97. The van der Waals surface area contributed by atoms with E-state index >= 15 is 0 Å². The minimum absolute atomic E-state index is 0.193. The van der Waals surface area contributed by atoms with Crippen LogP contribution in [0.4, 0.5) is 0 Å². The Hall–Kier alpha value is -2.37. The Labute approximate surface area is 148 Å². The fourth-order valence-corrected chi connectivity index (χ4v) is 2.94. The van der Waals surface area contributed by atoms with Gasteiger partial charge in [0.1, 0.15) is 5.92 Å². The highest BCUT2D eigenvalue weighted by atomic mass is 16.5. The lowest BCUT2D eigenvalue weighted by Crippen LogP contribution is -2.35. The predicted molar refractivity (Wildman–Crippen MR) is 93.4 cm³/mol. The van der Waals surface area contributed by atoms with Gasteiger partial charge in [-0.15, -0.1) is 0 Å². The molecule has 0 bridgehead atoms. The van der Waals surface area contributed by atoms with Gasteiger partial charge in [-0.05, 0) is 30.9 Å². The van der Waals surface area contributed by atoms with Crippen LogP contribution in [-0.4, -0.2) is 35.8 Å². The summed E-state index contributed by atoms with van der Waals surface area (Å²) in [6, 6.07) is 7.79. The molecule has 0 aliphatic carbocycles. The van der Waals surface area contributed by atoms with E-state index in [0.29, 0.717) is 25.9 Å². The standard InChI is InChI=1S/C19H26N2O4/c1-3-16(19(24)25-4-2)18(23)20-12-14-7-5-8-15(11-14)13-21-10-6-9-17(21)22/h5,7-8,11,16H,3-4,6,9-10,12-13H2,1-2H3,(H,20,23)/t16-/m0/s1. The van der Waals surface area contributed by atoms with Gasteiger partial charge in [0.05, 0.1) is 6.61 Å². The van der Waals surface area contributed by atoms with Gasteiger partial charge in [0.15, 0.2) is 0 Å². The molecule has 1 aromatic rings. The largest absolute Gasteiger partial charge is 0.465 e. The Kier molecular flexibility index (Phi) is 6.98. The van der Waals surface area contributed by atoms with E-state index in [4.69, 9.17) is 4.74 Å². The van der Waals surface area contributed by atoms with Crippen LogP contribution in [-0.2, 0) is 32.2 Å². The molecule has 0 spiro atoms. The first-order chi connectivity index (χ1) is 12.0. The zero-order valence-electron chi connectivity index (χ0n) is 14.9. The van der Waals surface area contributed by atoms with Crippen LogP contribution in [0.15, 0.2) is 24.3 Å². The van der Waals surface area contributed by atoms with Crippen molar-refractivity contribution in [2.24, 2.45) is 5.92 Å². The first-order valence-electron chi connectivity index (χ1n) is 8.85. The summed E-state index contributed by atoms with van der Waals surface area (Å²) in [4.78, 5) is 37.6. The maximum absolute atomic E-state index is 12.2. The van der Waals surface area contributed by atoms with Gasteiger partial charge in [0, 0.05) is 26.1 Å². The summed E-state index contributed by atoms with van der Waals surface area (Å²) in [5, 5.41) is 2.80. The second kappa shape index (κ2) is 9.20. The van der Waals surface area contributed by atoms with Crippen LogP contribution in [0, 0.1) is 5.92 Å². The molecule has 1 fully saturated rings. The predicted octanol–water partition coefficient (Wildman–Crippen LogP) is 2.01. The SMILES string of the molecule is CCOC(=O)[C@@H](CC)C(=O)NCc1cccc(CN2CCCC2=O)c1. The van der Waals surface area contributed by atoms with Crippen LogP contribution in [0.1, 0.15) is 44.2 Å². The fraction of sp³-hybridized carbons (Fsp3) is 0.526. The zero-order chi connectivity index (χ0) is 18.2. The number of hydrogen-bond donors (Lipinski definition) is 1. The third kappa shape index (κ3) is 5.31. The van der Waals surface area contributed by atoms with Gasteiger partial charge >= 0.3 is 5.97 Å². The monoisotopic (exact) mass is 346 g/mol. The Bertz CT molecular complexity index is 630. The van der Waals surface area contributed by atoms with Crippen LogP contribution in [0.3, 0.4) is 0 Å². The van der Waals surface area contributed by atoms with E-state index in [9.17, 15) is 14.4 Å². The maximum atomic E-state index is 12.2. The minimum Gasteiger partial charge on any atom is -0.465 e. The number of benzene rings is 1. The van der Waals surface area contributed by atoms with Crippen molar-refractivity contribution in [2.45, 2.75) is 46.2 Å². The van der Waals surface area contributed by atoms with Gasteiger partial charge < -0.3 is 15.0 Å². The lowest BCUT2D eigenvalue weighted by Gasteiger charge is -2.17. The molecule has 1 aromatic carbocycles. The molecule has 1 saturated heterocycles. The first-order valence-corrected chi connectivity index (χ1v) is 8.85. The third-order valence-electron chi connectivity index (χ3n) is 4.30. The molecule has 0 unspecified atom stereocenters. The summed E-state index contributed by atoms with van der Waals surface area (Å²) < 4.78 is 4.93. The number of carbonyl (C=O) groups is 3. The van der Waals surface area contributed by atoms with Crippen molar-refractivity contribution in [3.63, 3.8) is 0 Å². The second-order valence-corrected chi connectivity index (χ2v) is 6.17. The van der Waals surface area contributed by atoms with Crippen molar-refractivity contribution in [1.82, 2.24) is 10.2 Å². The number of amides is 2. The molecule has 6 heteroatoms. The maximum Gasteiger partial charge on any atom is 0.318 e. The van der Waals surface area contributed by atoms with E-state index in [2.05, 4.69) is 5.32 Å². The van der Waals surface area contributed by atoms with Gasteiger partial charge in [-0.3, -0.25) is 14.4 Å².